The first-order valence-corrected chi connectivity index (χ1v) is 25.6. The molecule has 78 heavy (non-hydrogen) atoms. The van der Waals surface area contributed by atoms with Gasteiger partial charge in [0.25, 0.3) is 0 Å². The minimum Gasteiger partial charge on any atom is -0.488 e. The normalized spacial score (nSPS) is 14.7. The number of carbonyl (C=O) groups is 9. The van der Waals surface area contributed by atoms with Gasteiger partial charge in [-0.2, -0.15) is 0 Å². The van der Waals surface area contributed by atoms with E-state index in [1.54, 1.807) is 133 Å². The van der Waals surface area contributed by atoms with Crippen LogP contribution in [-0.4, -0.2) is 126 Å². The van der Waals surface area contributed by atoms with E-state index in [4.69, 9.17) is 35.2 Å². The molecule has 0 spiro atoms. The number of rotatable bonds is 28. The second kappa shape index (κ2) is 29.8. The van der Waals surface area contributed by atoms with Gasteiger partial charge in [0, 0.05) is 19.3 Å². The maximum absolute atomic E-state index is 14.9. The van der Waals surface area contributed by atoms with Crippen LogP contribution < -0.4 is 48.1 Å². The van der Waals surface area contributed by atoms with E-state index in [-0.39, 0.29) is 19.4 Å². The van der Waals surface area contributed by atoms with Crippen LogP contribution >= 0.6 is 0 Å². The topological polar surface area (TPSA) is 324 Å². The standard InChI is InChI=1S/C56H80N8O14/c1-33(76-54(3,4)5)45(50(70)59-39(27-28-43(57)65)47(67)60-41(31-44(58)66)48(68)62-42(52(72)74-12)30-35-19-15-13-16-20-35)63-49(69)40(29-36-23-25-38(26-24-36)78-56(9,10)11)61-51(71)46(34(2)77-55(6,7)8)64-53(73)75-32-37-21-17-14-18-22-37/h13-26,33-34,39-42,45-46H,27-32H2,1-12H3,(H2,57,65)(H2,58,66)(H,59,70)(H,60,67)(H,61,71)(H,62,68)(H,63,69)(H,64,73)/t33-,34-,39+,40+,41+,42+,45+,46+/m1/s1. The van der Waals surface area contributed by atoms with E-state index >= 15 is 0 Å². The van der Waals surface area contributed by atoms with Gasteiger partial charge in [0.15, 0.2) is 0 Å². The van der Waals surface area contributed by atoms with Crippen molar-refractivity contribution in [3.8, 4) is 5.75 Å². The van der Waals surface area contributed by atoms with E-state index in [9.17, 15) is 43.2 Å². The lowest BCUT2D eigenvalue weighted by Gasteiger charge is -2.33. The number of benzene rings is 3. The molecule has 428 valence electrons. The molecule has 8 amide bonds. The highest BCUT2D eigenvalue weighted by Crippen LogP contribution is 2.21. The lowest BCUT2D eigenvalue weighted by atomic mass is 10.0. The Bertz CT molecular complexity index is 2490. The van der Waals surface area contributed by atoms with Crippen molar-refractivity contribution in [1.29, 1.82) is 0 Å². The zero-order chi connectivity index (χ0) is 58.5. The summed E-state index contributed by atoms with van der Waals surface area (Å²) in [7, 11) is 1.12. The summed E-state index contributed by atoms with van der Waals surface area (Å²) in [5.74, 6) is -7.04. The molecule has 10 N–H and O–H groups in total. The minimum absolute atomic E-state index is 0.0228. The summed E-state index contributed by atoms with van der Waals surface area (Å²) in [4.78, 5) is 123. The Morgan fingerprint density at radius 1 is 0.487 bits per heavy atom. The van der Waals surface area contributed by atoms with Crippen LogP contribution in [0.4, 0.5) is 4.79 Å². The summed E-state index contributed by atoms with van der Waals surface area (Å²) in [5.41, 5.74) is 10.6. The van der Waals surface area contributed by atoms with E-state index in [2.05, 4.69) is 31.9 Å². The third-order valence-electron chi connectivity index (χ3n) is 11.2. The SMILES string of the molecule is COC(=O)[C@H](Cc1ccccc1)NC(=O)[C@H](CC(N)=O)NC(=O)[C@H](CCC(N)=O)NC(=O)[C@@H](NC(=O)[C@H](Cc1ccc(OC(C)(C)C)cc1)NC(=O)[C@@H](NC(=O)OCc1ccccc1)[C@@H](C)OC(C)(C)C)[C@@H](C)OC(C)(C)C. The zero-order valence-corrected chi connectivity index (χ0v) is 46.8. The fraction of sp³-hybridized carbons (Fsp3) is 0.518. The Hall–Kier alpha value is -7.59. The maximum Gasteiger partial charge on any atom is 0.408 e. The largest absolute Gasteiger partial charge is 0.488 e. The molecule has 0 aliphatic carbocycles. The Balaban J connectivity index is 2.05. The number of hydrogen-bond donors (Lipinski definition) is 8. The smallest absolute Gasteiger partial charge is 0.408 e. The maximum atomic E-state index is 14.9. The predicted octanol–water partition coefficient (Wildman–Crippen LogP) is 3.09. The molecule has 22 heteroatoms. The highest BCUT2D eigenvalue weighted by atomic mass is 16.6. The lowest BCUT2D eigenvalue weighted by molar-refractivity contribution is -0.145. The highest BCUT2D eigenvalue weighted by Gasteiger charge is 2.39. The van der Waals surface area contributed by atoms with Crippen molar-refractivity contribution in [1.82, 2.24) is 31.9 Å². The van der Waals surface area contributed by atoms with Crippen molar-refractivity contribution >= 4 is 53.4 Å². The molecule has 0 radical (unpaired) electrons. The minimum atomic E-state index is -1.71. The second-order valence-electron chi connectivity index (χ2n) is 21.7. The Kier molecular flexibility index (Phi) is 24.7. The van der Waals surface area contributed by atoms with Gasteiger partial charge in [-0.05, 0) is 111 Å². The average Bonchev–Trinajstić information content (AvgIpc) is 3.34. The van der Waals surface area contributed by atoms with E-state index < -0.39 is 138 Å². The fourth-order valence-corrected chi connectivity index (χ4v) is 7.90. The summed E-state index contributed by atoms with van der Waals surface area (Å²) in [6.45, 7) is 19.0. The van der Waals surface area contributed by atoms with Gasteiger partial charge in [-0.25, -0.2) is 9.59 Å². The number of nitrogens with two attached hydrogens (primary N) is 2. The summed E-state index contributed by atoms with van der Waals surface area (Å²) in [6.07, 6.45) is -4.96. The van der Waals surface area contributed by atoms with Crippen LogP contribution in [0.5, 0.6) is 5.75 Å². The molecule has 0 aromatic heterocycles. The molecule has 0 heterocycles. The van der Waals surface area contributed by atoms with Gasteiger partial charge in [-0.15, -0.1) is 0 Å². The number of hydrogen-bond acceptors (Lipinski definition) is 14. The monoisotopic (exact) mass is 1090 g/mol. The first-order valence-electron chi connectivity index (χ1n) is 25.6. The van der Waals surface area contributed by atoms with Gasteiger partial charge >= 0.3 is 12.1 Å². The number of primary amides is 2. The van der Waals surface area contributed by atoms with Gasteiger partial charge in [-0.3, -0.25) is 33.6 Å². The average molecular weight is 1090 g/mol. The molecule has 0 unspecified atom stereocenters. The number of methoxy groups -OCH3 is 1. The van der Waals surface area contributed by atoms with E-state index in [1.807, 2.05) is 20.8 Å². The summed E-state index contributed by atoms with van der Waals surface area (Å²) < 4.78 is 28.7. The Morgan fingerprint density at radius 3 is 1.41 bits per heavy atom. The highest BCUT2D eigenvalue weighted by molar-refractivity contribution is 5.98. The molecule has 8 atom stereocenters. The first kappa shape index (κ1) is 64.7. The molecule has 0 aliphatic rings. The number of carbonyl (C=O) groups excluding carboxylic acids is 9. The molecule has 22 nitrogen and oxygen atoms in total. The predicted molar refractivity (Wildman–Crippen MR) is 289 cm³/mol. The number of amides is 8. The van der Waals surface area contributed by atoms with Crippen molar-refractivity contribution in [2.45, 2.75) is 180 Å². The number of nitrogens with one attached hydrogen (secondary N) is 6. The van der Waals surface area contributed by atoms with E-state index in [0.29, 0.717) is 22.4 Å². The van der Waals surface area contributed by atoms with Crippen molar-refractivity contribution in [2.24, 2.45) is 11.5 Å². The first-order chi connectivity index (χ1) is 36.3. The van der Waals surface area contributed by atoms with Crippen molar-refractivity contribution < 1.29 is 66.8 Å². The van der Waals surface area contributed by atoms with Gasteiger partial charge < -0.3 is 67.1 Å². The van der Waals surface area contributed by atoms with Crippen molar-refractivity contribution in [3.05, 3.63) is 102 Å². The van der Waals surface area contributed by atoms with Crippen LogP contribution in [0.2, 0.25) is 0 Å². The molecule has 3 aromatic rings. The molecule has 0 fully saturated rings. The van der Waals surface area contributed by atoms with Crippen molar-refractivity contribution in [3.63, 3.8) is 0 Å². The van der Waals surface area contributed by atoms with Crippen LogP contribution in [0.15, 0.2) is 84.9 Å². The second-order valence-corrected chi connectivity index (χ2v) is 21.7. The molecule has 3 aromatic carbocycles. The van der Waals surface area contributed by atoms with Gasteiger partial charge in [0.2, 0.25) is 41.4 Å². The Labute approximate surface area is 456 Å². The third-order valence-corrected chi connectivity index (χ3v) is 11.2. The molecular weight excluding hydrogens is 1010 g/mol. The zero-order valence-electron chi connectivity index (χ0n) is 46.8. The summed E-state index contributed by atoms with van der Waals surface area (Å²) in [5, 5.41) is 15.5. The molecule has 3 rings (SSSR count). The van der Waals surface area contributed by atoms with Crippen LogP contribution in [0.1, 0.15) is 112 Å². The molecule has 0 aliphatic heterocycles. The summed E-state index contributed by atoms with van der Waals surface area (Å²) in [6, 6.07) is 15.1. The van der Waals surface area contributed by atoms with Crippen LogP contribution in [-0.2, 0) is 76.8 Å². The van der Waals surface area contributed by atoms with Crippen LogP contribution in [0.25, 0.3) is 0 Å². The van der Waals surface area contributed by atoms with E-state index in [1.165, 1.54) is 6.92 Å². The molecule has 0 saturated carbocycles. The van der Waals surface area contributed by atoms with Crippen molar-refractivity contribution in [2.75, 3.05) is 7.11 Å². The molecular formula is C56H80N8O14. The lowest BCUT2D eigenvalue weighted by Crippen LogP contribution is -2.63. The van der Waals surface area contributed by atoms with Gasteiger partial charge in [-0.1, -0.05) is 72.8 Å². The number of esters is 1. The molecule has 0 saturated heterocycles. The Morgan fingerprint density at radius 2 is 0.923 bits per heavy atom. The number of alkyl carbamates (subject to hydrolysis) is 1. The van der Waals surface area contributed by atoms with E-state index in [0.717, 1.165) is 7.11 Å². The number of ether oxygens (including phenoxy) is 5. The quantitative estimate of drug-likeness (QED) is 0.0485. The molecule has 0 bridgehead atoms. The fourth-order valence-electron chi connectivity index (χ4n) is 7.90. The summed E-state index contributed by atoms with van der Waals surface area (Å²) >= 11 is 0. The third kappa shape index (κ3) is 24.2. The van der Waals surface area contributed by atoms with Gasteiger partial charge in [0.05, 0.1) is 36.9 Å². The van der Waals surface area contributed by atoms with Gasteiger partial charge in [0.1, 0.15) is 54.2 Å². The van der Waals surface area contributed by atoms with Crippen LogP contribution in [0, 0.1) is 0 Å². The van der Waals surface area contributed by atoms with Crippen LogP contribution in [0.3, 0.4) is 0 Å².